The molecule has 5 heteroatoms. The molecular weight excluding hydrogens is 213 g/mol. The highest BCUT2D eigenvalue weighted by Gasteiger charge is 2.31. The minimum absolute atomic E-state index is 0.701. The molecule has 0 aromatic heterocycles. The fourth-order valence-corrected chi connectivity index (χ4v) is 3.28. The van der Waals surface area contributed by atoms with E-state index in [1.807, 2.05) is 13.0 Å². The molecule has 1 heterocycles. The second-order valence-corrected chi connectivity index (χ2v) is 5.74. The molecule has 1 aliphatic heterocycles. The monoisotopic (exact) mass is 233 g/mol. The van der Waals surface area contributed by atoms with Crippen LogP contribution >= 0.6 is 7.60 Å². The maximum Gasteiger partial charge on any atom is 0.376 e. The summed E-state index contributed by atoms with van der Waals surface area (Å²) in [5.41, 5.74) is 0.701. The first kappa shape index (κ1) is 12.8. The summed E-state index contributed by atoms with van der Waals surface area (Å²) in [6.45, 7) is 3.75. The Hall–Kier alpha value is -0.310. The largest absolute Gasteiger partial charge is 0.376 e. The molecule has 0 saturated carbocycles. The lowest BCUT2D eigenvalue weighted by molar-refractivity contribution is 0.245. The lowest BCUT2D eigenvalue weighted by Crippen LogP contribution is -2.29. The van der Waals surface area contributed by atoms with E-state index in [1.54, 1.807) is 0 Å². The first-order valence-corrected chi connectivity index (χ1v) is 6.85. The van der Waals surface area contributed by atoms with E-state index < -0.39 is 7.60 Å². The molecule has 0 bridgehead atoms. The highest BCUT2D eigenvalue weighted by atomic mass is 31.2. The molecule has 0 N–H and O–H groups in total. The zero-order valence-electron chi connectivity index (χ0n) is 9.73. The van der Waals surface area contributed by atoms with Gasteiger partial charge in [-0.15, -0.1) is 0 Å². The molecule has 0 aromatic carbocycles. The third kappa shape index (κ3) is 2.83. The normalized spacial score (nSPS) is 19.4. The van der Waals surface area contributed by atoms with Gasteiger partial charge in [0, 0.05) is 27.3 Å². The summed E-state index contributed by atoms with van der Waals surface area (Å²) >= 11 is 0. The fraction of sp³-hybridized carbons (Fsp3) is 0.800. The van der Waals surface area contributed by atoms with Crippen LogP contribution in [-0.4, -0.2) is 32.2 Å². The van der Waals surface area contributed by atoms with Gasteiger partial charge in [0.25, 0.3) is 0 Å². The smallest absolute Gasteiger partial charge is 0.365 e. The molecule has 1 rings (SSSR count). The van der Waals surface area contributed by atoms with Gasteiger partial charge < -0.3 is 13.9 Å². The Balaban J connectivity index is 2.82. The predicted octanol–water partition coefficient (Wildman–Crippen LogP) is 2.82. The van der Waals surface area contributed by atoms with E-state index in [2.05, 4.69) is 4.90 Å². The lowest BCUT2D eigenvalue weighted by Gasteiger charge is -2.33. The van der Waals surface area contributed by atoms with Gasteiger partial charge in [-0.1, -0.05) is 6.08 Å². The summed E-state index contributed by atoms with van der Waals surface area (Å²) in [7, 11) is -0.216. The second-order valence-electron chi connectivity index (χ2n) is 3.56. The maximum atomic E-state index is 12.2. The lowest BCUT2D eigenvalue weighted by atomic mass is 10.1. The molecule has 0 aromatic rings. The molecule has 0 radical (unpaired) electrons. The molecule has 1 fully saturated rings. The van der Waals surface area contributed by atoms with Gasteiger partial charge in [0.05, 0.1) is 0 Å². The van der Waals surface area contributed by atoms with E-state index in [1.165, 1.54) is 20.6 Å². The molecule has 0 amide bonds. The van der Waals surface area contributed by atoms with Gasteiger partial charge in [0.15, 0.2) is 0 Å². The zero-order valence-corrected chi connectivity index (χ0v) is 10.6. The highest BCUT2D eigenvalue weighted by molar-refractivity contribution is 7.58. The summed E-state index contributed by atoms with van der Waals surface area (Å²) < 4.78 is 22.3. The molecule has 0 atom stereocenters. The summed E-state index contributed by atoms with van der Waals surface area (Å²) in [6.07, 6.45) is 5.37. The van der Waals surface area contributed by atoms with Crippen LogP contribution in [0, 0.1) is 0 Å². The van der Waals surface area contributed by atoms with Crippen LogP contribution in [-0.2, 0) is 13.6 Å². The molecule has 1 aliphatic rings. The summed E-state index contributed by atoms with van der Waals surface area (Å²) in [5, 5.41) is 0. The van der Waals surface area contributed by atoms with Gasteiger partial charge in [-0.2, -0.15) is 0 Å². The molecule has 4 nitrogen and oxygen atoms in total. The van der Waals surface area contributed by atoms with Crippen LogP contribution in [0.15, 0.2) is 11.5 Å². The average Bonchev–Trinajstić information content (AvgIpc) is 2.31. The first-order valence-electron chi connectivity index (χ1n) is 5.31. The Morgan fingerprint density at radius 3 is 2.13 bits per heavy atom. The van der Waals surface area contributed by atoms with Gasteiger partial charge in [-0.25, -0.2) is 0 Å². The van der Waals surface area contributed by atoms with E-state index >= 15 is 0 Å². The Bertz CT molecular complexity index is 264. The van der Waals surface area contributed by atoms with Crippen molar-refractivity contribution in [1.82, 2.24) is 4.90 Å². The Morgan fingerprint density at radius 2 is 1.73 bits per heavy atom. The number of likely N-dealkylation sites (tertiary alicyclic amines) is 1. The van der Waals surface area contributed by atoms with Crippen molar-refractivity contribution in [2.45, 2.75) is 26.2 Å². The molecule has 15 heavy (non-hydrogen) atoms. The fourth-order valence-electron chi connectivity index (χ4n) is 1.90. The van der Waals surface area contributed by atoms with Crippen molar-refractivity contribution >= 4 is 7.60 Å². The van der Waals surface area contributed by atoms with Gasteiger partial charge in [0.1, 0.15) is 5.44 Å². The Kier molecular flexibility index (Phi) is 4.84. The van der Waals surface area contributed by atoms with Crippen LogP contribution < -0.4 is 0 Å². The van der Waals surface area contributed by atoms with Crippen molar-refractivity contribution in [3.8, 4) is 0 Å². The summed E-state index contributed by atoms with van der Waals surface area (Å²) in [5.74, 6) is 0. The van der Waals surface area contributed by atoms with Crippen LogP contribution in [0.1, 0.15) is 26.2 Å². The molecule has 1 saturated heterocycles. The van der Waals surface area contributed by atoms with Crippen LogP contribution in [0.2, 0.25) is 0 Å². The number of nitrogens with zero attached hydrogens (tertiary/aromatic N) is 1. The number of rotatable bonds is 4. The number of allylic oxidation sites excluding steroid dienone is 1. The van der Waals surface area contributed by atoms with Crippen LogP contribution in [0.25, 0.3) is 0 Å². The van der Waals surface area contributed by atoms with Crippen LogP contribution in [0.3, 0.4) is 0 Å². The predicted molar refractivity (Wildman–Crippen MR) is 60.8 cm³/mol. The minimum atomic E-state index is -3.07. The van der Waals surface area contributed by atoms with Gasteiger partial charge in [-0.05, 0) is 26.2 Å². The van der Waals surface area contributed by atoms with Crippen LogP contribution in [0.5, 0.6) is 0 Å². The average molecular weight is 233 g/mol. The Labute approximate surface area is 91.8 Å². The second kappa shape index (κ2) is 5.69. The van der Waals surface area contributed by atoms with Crippen molar-refractivity contribution in [2.75, 3.05) is 27.3 Å². The van der Waals surface area contributed by atoms with Crippen molar-refractivity contribution < 1.29 is 13.6 Å². The summed E-state index contributed by atoms with van der Waals surface area (Å²) in [6, 6.07) is 0. The SMILES string of the molecule is CC=C(N1CCCCC1)P(=O)(OC)OC. The highest BCUT2D eigenvalue weighted by Crippen LogP contribution is 2.56. The van der Waals surface area contributed by atoms with Crippen molar-refractivity contribution in [2.24, 2.45) is 0 Å². The topological polar surface area (TPSA) is 38.8 Å². The van der Waals surface area contributed by atoms with Crippen molar-refractivity contribution in [1.29, 1.82) is 0 Å². The minimum Gasteiger partial charge on any atom is -0.365 e. The number of hydrogen-bond donors (Lipinski definition) is 0. The third-order valence-corrected chi connectivity index (χ3v) is 4.76. The first-order chi connectivity index (χ1) is 7.18. The van der Waals surface area contributed by atoms with Gasteiger partial charge >= 0.3 is 7.60 Å². The molecular formula is C10H20NO3P. The number of piperidine rings is 1. The molecule has 0 unspecified atom stereocenters. The van der Waals surface area contributed by atoms with Crippen molar-refractivity contribution in [3.05, 3.63) is 11.5 Å². The van der Waals surface area contributed by atoms with Gasteiger partial charge in [-0.3, -0.25) is 4.57 Å². The maximum absolute atomic E-state index is 12.2. The summed E-state index contributed by atoms with van der Waals surface area (Å²) in [4.78, 5) is 2.11. The van der Waals surface area contributed by atoms with E-state index in [4.69, 9.17) is 9.05 Å². The van der Waals surface area contributed by atoms with Crippen molar-refractivity contribution in [3.63, 3.8) is 0 Å². The standard InChI is InChI=1S/C10H20NO3P/c1-4-10(15(12,13-2)14-3)11-8-6-5-7-9-11/h4H,5-9H2,1-3H3. The van der Waals surface area contributed by atoms with Gasteiger partial charge in [0.2, 0.25) is 0 Å². The Morgan fingerprint density at radius 1 is 1.20 bits per heavy atom. The number of hydrogen-bond acceptors (Lipinski definition) is 4. The van der Waals surface area contributed by atoms with E-state index in [0.717, 1.165) is 25.9 Å². The van der Waals surface area contributed by atoms with E-state index in [0.29, 0.717) is 5.44 Å². The third-order valence-electron chi connectivity index (χ3n) is 2.70. The quantitative estimate of drug-likeness (QED) is 0.700. The zero-order chi connectivity index (χ0) is 11.3. The van der Waals surface area contributed by atoms with E-state index in [-0.39, 0.29) is 0 Å². The molecule has 0 spiro atoms. The molecule has 88 valence electrons. The van der Waals surface area contributed by atoms with Crippen LogP contribution in [0.4, 0.5) is 0 Å². The van der Waals surface area contributed by atoms with E-state index in [9.17, 15) is 4.57 Å². The molecule has 0 aliphatic carbocycles.